The van der Waals surface area contributed by atoms with Crippen LogP contribution in [-0.2, 0) is 13.0 Å². The molecule has 0 aliphatic heterocycles. The van der Waals surface area contributed by atoms with Crippen LogP contribution in [-0.4, -0.2) is 49.7 Å². The van der Waals surface area contributed by atoms with E-state index in [1.165, 1.54) is 5.52 Å². The Labute approximate surface area is 182 Å². The molecule has 3 heterocycles. The summed E-state index contributed by atoms with van der Waals surface area (Å²) in [6, 6.07) is 14.2. The molecule has 0 saturated heterocycles. The summed E-state index contributed by atoms with van der Waals surface area (Å²) in [5.41, 5.74) is 3.13. The molecule has 0 radical (unpaired) electrons. The van der Waals surface area contributed by atoms with Crippen molar-refractivity contribution in [2.24, 2.45) is 4.99 Å². The van der Waals surface area contributed by atoms with Gasteiger partial charge in [-0.2, -0.15) is 0 Å². The van der Waals surface area contributed by atoms with E-state index in [2.05, 4.69) is 62.4 Å². The SMILES string of the molecule is CCNC(=NCCCn1c(C)nc2ccccc21)NCCCc1nnc2ccccn12. The summed E-state index contributed by atoms with van der Waals surface area (Å²) >= 11 is 0. The second-order valence-electron chi connectivity index (χ2n) is 7.49. The van der Waals surface area contributed by atoms with E-state index in [4.69, 9.17) is 4.99 Å². The average molecular weight is 419 g/mol. The number of aromatic nitrogens is 5. The summed E-state index contributed by atoms with van der Waals surface area (Å²) in [4.78, 5) is 9.37. The Hall–Kier alpha value is -3.42. The van der Waals surface area contributed by atoms with Crippen LogP contribution in [0.25, 0.3) is 16.7 Å². The summed E-state index contributed by atoms with van der Waals surface area (Å²) in [6.45, 7) is 7.49. The van der Waals surface area contributed by atoms with Crippen molar-refractivity contribution < 1.29 is 0 Å². The first kappa shape index (κ1) is 20.8. The van der Waals surface area contributed by atoms with Crippen LogP contribution in [0.3, 0.4) is 0 Å². The van der Waals surface area contributed by atoms with E-state index in [0.717, 1.165) is 74.2 Å². The maximum atomic E-state index is 4.73. The van der Waals surface area contributed by atoms with Crippen molar-refractivity contribution in [1.82, 2.24) is 34.8 Å². The van der Waals surface area contributed by atoms with Crippen LogP contribution in [0, 0.1) is 6.92 Å². The van der Waals surface area contributed by atoms with Crippen molar-refractivity contribution in [3.05, 3.63) is 60.3 Å². The number of aliphatic imine (C=N–C) groups is 1. The Bertz CT molecular complexity index is 1160. The van der Waals surface area contributed by atoms with Gasteiger partial charge in [0.25, 0.3) is 0 Å². The van der Waals surface area contributed by atoms with Gasteiger partial charge in [-0.1, -0.05) is 18.2 Å². The molecule has 8 nitrogen and oxygen atoms in total. The maximum absolute atomic E-state index is 4.73. The standard InChI is InChI=1S/C23H30N8/c1-3-24-23(25-14-8-13-22-29-28-21-12-6-7-16-31(21)22)26-15-9-17-30-18(2)27-19-10-4-5-11-20(19)30/h4-7,10-12,16H,3,8-9,13-15,17H2,1-2H3,(H2,24,25,26). The van der Waals surface area contributed by atoms with Crippen LogP contribution in [0.5, 0.6) is 0 Å². The molecule has 31 heavy (non-hydrogen) atoms. The number of imidazole rings is 1. The van der Waals surface area contributed by atoms with Crippen LogP contribution in [0.4, 0.5) is 0 Å². The van der Waals surface area contributed by atoms with Gasteiger partial charge in [0, 0.05) is 38.8 Å². The number of hydrogen-bond acceptors (Lipinski definition) is 4. The highest BCUT2D eigenvalue weighted by Crippen LogP contribution is 2.15. The third-order valence-corrected chi connectivity index (χ3v) is 5.25. The van der Waals surface area contributed by atoms with Crippen LogP contribution in [0.1, 0.15) is 31.4 Å². The quantitative estimate of drug-likeness (QED) is 0.248. The van der Waals surface area contributed by atoms with Crippen LogP contribution in [0.2, 0.25) is 0 Å². The molecule has 1 aromatic carbocycles. The van der Waals surface area contributed by atoms with Crippen LogP contribution >= 0.6 is 0 Å². The average Bonchev–Trinajstić information content (AvgIpc) is 3.34. The van der Waals surface area contributed by atoms with Crippen molar-refractivity contribution in [2.75, 3.05) is 19.6 Å². The van der Waals surface area contributed by atoms with Gasteiger partial charge in [0.1, 0.15) is 11.6 Å². The number of aryl methyl sites for hydroxylation is 3. The molecular formula is C23H30N8. The summed E-state index contributed by atoms with van der Waals surface area (Å²) in [5.74, 6) is 2.90. The molecule has 162 valence electrons. The van der Waals surface area contributed by atoms with Gasteiger partial charge in [-0.25, -0.2) is 4.98 Å². The van der Waals surface area contributed by atoms with Crippen molar-refractivity contribution in [2.45, 2.75) is 39.7 Å². The zero-order chi connectivity index (χ0) is 21.5. The van der Waals surface area contributed by atoms with Crippen molar-refractivity contribution in [1.29, 1.82) is 0 Å². The number of rotatable bonds is 9. The predicted octanol–water partition coefficient (Wildman–Crippen LogP) is 2.97. The smallest absolute Gasteiger partial charge is 0.191 e. The highest BCUT2D eigenvalue weighted by molar-refractivity contribution is 5.79. The highest BCUT2D eigenvalue weighted by Gasteiger charge is 2.06. The fourth-order valence-electron chi connectivity index (χ4n) is 3.75. The second-order valence-corrected chi connectivity index (χ2v) is 7.49. The van der Waals surface area contributed by atoms with Crippen molar-refractivity contribution in [3.63, 3.8) is 0 Å². The van der Waals surface area contributed by atoms with Crippen molar-refractivity contribution >= 4 is 22.6 Å². The number of fused-ring (bicyclic) bond motifs is 2. The zero-order valence-electron chi connectivity index (χ0n) is 18.3. The Morgan fingerprint density at radius 2 is 1.90 bits per heavy atom. The molecule has 4 rings (SSSR count). The lowest BCUT2D eigenvalue weighted by Crippen LogP contribution is -2.38. The zero-order valence-corrected chi connectivity index (χ0v) is 18.3. The molecule has 0 bridgehead atoms. The number of guanidine groups is 1. The van der Waals surface area contributed by atoms with E-state index in [0.29, 0.717) is 0 Å². The van der Waals surface area contributed by atoms with Gasteiger partial charge in [-0.3, -0.25) is 9.39 Å². The molecule has 8 heteroatoms. The number of nitrogens with zero attached hydrogens (tertiary/aromatic N) is 6. The minimum Gasteiger partial charge on any atom is -0.357 e. The number of pyridine rings is 1. The topological polar surface area (TPSA) is 84.4 Å². The van der Waals surface area contributed by atoms with Gasteiger partial charge in [0.15, 0.2) is 11.6 Å². The van der Waals surface area contributed by atoms with Crippen molar-refractivity contribution in [3.8, 4) is 0 Å². The summed E-state index contributed by atoms with van der Waals surface area (Å²) < 4.78 is 4.31. The lowest BCUT2D eigenvalue weighted by atomic mass is 10.3. The molecule has 2 N–H and O–H groups in total. The Balaban J connectivity index is 1.25. The third-order valence-electron chi connectivity index (χ3n) is 5.25. The molecule has 4 aromatic rings. The predicted molar refractivity (Wildman–Crippen MR) is 124 cm³/mol. The molecule has 0 aliphatic rings. The number of nitrogens with one attached hydrogen (secondary N) is 2. The molecule has 3 aromatic heterocycles. The first-order valence-electron chi connectivity index (χ1n) is 11.0. The van der Waals surface area contributed by atoms with E-state index < -0.39 is 0 Å². The first-order chi connectivity index (χ1) is 15.3. The summed E-state index contributed by atoms with van der Waals surface area (Å²) in [5, 5.41) is 15.3. The largest absolute Gasteiger partial charge is 0.357 e. The van der Waals surface area contributed by atoms with E-state index in [1.807, 2.05) is 34.9 Å². The summed E-state index contributed by atoms with van der Waals surface area (Å²) in [6.07, 6.45) is 4.79. The number of hydrogen-bond donors (Lipinski definition) is 2. The highest BCUT2D eigenvalue weighted by atomic mass is 15.2. The van der Waals surface area contributed by atoms with E-state index >= 15 is 0 Å². The van der Waals surface area contributed by atoms with Gasteiger partial charge in [0.05, 0.1) is 11.0 Å². The molecule has 0 unspecified atom stereocenters. The summed E-state index contributed by atoms with van der Waals surface area (Å²) in [7, 11) is 0. The molecule has 0 fully saturated rings. The van der Waals surface area contributed by atoms with Crippen LogP contribution < -0.4 is 10.6 Å². The van der Waals surface area contributed by atoms with Gasteiger partial charge >= 0.3 is 0 Å². The molecule has 0 amide bonds. The second kappa shape index (κ2) is 10.1. The lowest BCUT2D eigenvalue weighted by molar-refractivity contribution is 0.644. The minimum absolute atomic E-state index is 0.760. The van der Waals surface area contributed by atoms with Gasteiger partial charge < -0.3 is 15.2 Å². The molecular weight excluding hydrogens is 388 g/mol. The number of benzene rings is 1. The fourth-order valence-corrected chi connectivity index (χ4v) is 3.75. The maximum Gasteiger partial charge on any atom is 0.191 e. The molecule has 0 saturated carbocycles. The van der Waals surface area contributed by atoms with E-state index in [1.54, 1.807) is 0 Å². The third kappa shape index (κ3) is 5.02. The molecule has 0 spiro atoms. The monoisotopic (exact) mass is 418 g/mol. The van der Waals surface area contributed by atoms with Gasteiger partial charge in [-0.05, 0) is 51.0 Å². The normalized spacial score (nSPS) is 12.0. The fraction of sp³-hybridized carbons (Fsp3) is 0.391. The first-order valence-corrected chi connectivity index (χ1v) is 11.0. The molecule has 0 atom stereocenters. The Kier molecular flexibility index (Phi) is 6.76. The Morgan fingerprint density at radius 3 is 2.81 bits per heavy atom. The van der Waals surface area contributed by atoms with E-state index in [-0.39, 0.29) is 0 Å². The lowest BCUT2D eigenvalue weighted by Gasteiger charge is -2.11. The number of para-hydroxylation sites is 2. The van der Waals surface area contributed by atoms with Gasteiger partial charge in [-0.15, -0.1) is 10.2 Å². The van der Waals surface area contributed by atoms with E-state index in [9.17, 15) is 0 Å². The Morgan fingerprint density at radius 1 is 1.03 bits per heavy atom. The minimum atomic E-state index is 0.760. The van der Waals surface area contributed by atoms with Gasteiger partial charge in [0.2, 0.25) is 0 Å². The molecule has 0 aliphatic carbocycles. The van der Waals surface area contributed by atoms with Crippen LogP contribution in [0.15, 0.2) is 53.7 Å².